The molecule has 0 saturated heterocycles. The Hall–Kier alpha value is -0.940. The number of halogens is 2. The summed E-state index contributed by atoms with van der Waals surface area (Å²) < 4.78 is 2.61. The third kappa shape index (κ3) is 1.65. The van der Waals surface area contributed by atoms with Crippen LogP contribution in [0.15, 0.2) is 23.1 Å². The summed E-state index contributed by atoms with van der Waals surface area (Å²) in [5.41, 5.74) is 0. The molecule has 0 amide bonds. The third-order valence-corrected chi connectivity index (χ3v) is 2.49. The molecule has 6 heteroatoms. The minimum Gasteiger partial charge on any atom is -0.287 e. The maximum absolute atomic E-state index is 5.71. The summed E-state index contributed by atoms with van der Waals surface area (Å²) in [6.45, 7) is 1.89. The molecule has 72 valence electrons. The number of rotatable bonds is 1. The Morgan fingerprint density at radius 1 is 1.43 bits per heavy atom. The molecule has 0 aromatic carbocycles. The Balaban J connectivity index is 2.62. The van der Waals surface area contributed by atoms with Crippen molar-refractivity contribution < 1.29 is 0 Å². The molecular formula is C8H6BrClN4. The Morgan fingerprint density at radius 3 is 2.86 bits per heavy atom. The van der Waals surface area contributed by atoms with Crippen LogP contribution in [0, 0.1) is 6.92 Å². The molecule has 0 unspecified atom stereocenters. The van der Waals surface area contributed by atoms with E-state index in [2.05, 4.69) is 30.9 Å². The first-order chi connectivity index (χ1) is 6.68. The van der Waals surface area contributed by atoms with Crippen molar-refractivity contribution in [3.63, 3.8) is 0 Å². The first kappa shape index (κ1) is 9.61. The number of aromatic nitrogens is 4. The van der Waals surface area contributed by atoms with E-state index < -0.39 is 0 Å². The van der Waals surface area contributed by atoms with E-state index in [0.717, 1.165) is 10.3 Å². The molecule has 0 atom stereocenters. The molecule has 0 fully saturated rings. The predicted molar refractivity (Wildman–Crippen MR) is 56.6 cm³/mol. The standard InChI is InChI=1S/C8H6BrClN4/c1-5-11-2-3-14(5)7-6(9)4-12-8(10)13-7/h2-4H,1H3. The molecule has 2 aromatic heterocycles. The van der Waals surface area contributed by atoms with Gasteiger partial charge in [0.2, 0.25) is 5.28 Å². The van der Waals surface area contributed by atoms with Crippen molar-refractivity contribution in [1.82, 2.24) is 19.5 Å². The first-order valence-electron chi connectivity index (χ1n) is 3.87. The van der Waals surface area contributed by atoms with E-state index >= 15 is 0 Å². The summed E-state index contributed by atoms with van der Waals surface area (Å²) >= 11 is 9.06. The van der Waals surface area contributed by atoms with E-state index in [1.54, 1.807) is 12.4 Å². The summed E-state index contributed by atoms with van der Waals surface area (Å²) in [6.07, 6.45) is 5.14. The SMILES string of the molecule is Cc1nccn1-c1nc(Cl)ncc1Br. The number of hydrogen-bond acceptors (Lipinski definition) is 3. The van der Waals surface area contributed by atoms with Gasteiger partial charge in [-0.05, 0) is 34.5 Å². The molecule has 0 aliphatic rings. The van der Waals surface area contributed by atoms with E-state index in [1.165, 1.54) is 0 Å². The monoisotopic (exact) mass is 272 g/mol. The van der Waals surface area contributed by atoms with Gasteiger partial charge in [0.15, 0.2) is 5.82 Å². The van der Waals surface area contributed by atoms with Gasteiger partial charge in [-0.15, -0.1) is 0 Å². The molecule has 2 heterocycles. The Labute approximate surface area is 94.1 Å². The second-order valence-electron chi connectivity index (χ2n) is 2.66. The number of aryl methyl sites for hydroxylation is 1. The van der Waals surface area contributed by atoms with Gasteiger partial charge in [-0.3, -0.25) is 4.57 Å². The van der Waals surface area contributed by atoms with Crippen LogP contribution >= 0.6 is 27.5 Å². The second kappa shape index (κ2) is 3.67. The van der Waals surface area contributed by atoms with Crippen LogP contribution in [0.3, 0.4) is 0 Å². The normalized spacial score (nSPS) is 10.5. The van der Waals surface area contributed by atoms with Gasteiger partial charge in [0.1, 0.15) is 5.82 Å². The molecule has 2 rings (SSSR count). The van der Waals surface area contributed by atoms with E-state index in [4.69, 9.17) is 11.6 Å². The Morgan fingerprint density at radius 2 is 2.21 bits per heavy atom. The zero-order valence-corrected chi connectivity index (χ0v) is 9.62. The summed E-state index contributed by atoms with van der Waals surface area (Å²) in [4.78, 5) is 12.1. The molecule has 0 aliphatic carbocycles. The van der Waals surface area contributed by atoms with Gasteiger partial charge in [-0.25, -0.2) is 9.97 Å². The van der Waals surface area contributed by atoms with Gasteiger partial charge in [-0.1, -0.05) is 0 Å². The van der Waals surface area contributed by atoms with Crippen LogP contribution in [0.2, 0.25) is 5.28 Å². The van der Waals surface area contributed by atoms with Gasteiger partial charge in [0, 0.05) is 18.6 Å². The van der Waals surface area contributed by atoms with Crippen molar-refractivity contribution in [3.05, 3.63) is 34.2 Å². The highest BCUT2D eigenvalue weighted by molar-refractivity contribution is 9.10. The fourth-order valence-corrected chi connectivity index (χ4v) is 1.62. The summed E-state index contributed by atoms with van der Waals surface area (Å²) in [5.74, 6) is 1.54. The van der Waals surface area contributed by atoms with Crippen molar-refractivity contribution in [2.45, 2.75) is 6.92 Å². The summed E-state index contributed by atoms with van der Waals surface area (Å²) in [6, 6.07) is 0. The Kier molecular flexibility index (Phi) is 2.52. The topological polar surface area (TPSA) is 43.6 Å². The summed E-state index contributed by atoms with van der Waals surface area (Å²) in [7, 11) is 0. The largest absolute Gasteiger partial charge is 0.287 e. The van der Waals surface area contributed by atoms with Crippen LogP contribution in [0.1, 0.15) is 5.82 Å². The van der Waals surface area contributed by atoms with Crippen molar-refractivity contribution in [1.29, 1.82) is 0 Å². The molecule has 0 saturated carbocycles. The molecule has 4 nitrogen and oxygen atoms in total. The maximum atomic E-state index is 5.71. The quantitative estimate of drug-likeness (QED) is 0.749. The van der Waals surface area contributed by atoms with Gasteiger partial charge >= 0.3 is 0 Å². The van der Waals surface area contributed by atoms with E-state index in [1.807, 2.05) is 17.7 Å². The number of hydrogen-bond donors (Lipinski definition) is 0. The molecule has 0 N–H and O–H groups in total. The lowest BCUT2D eigenvalue weighted by Gasteiger charge is -2.05. The van der Waals surface area contributed by atoms with E-state index in [9.17, 15) is 0 Å². The zero-order chi connectivity index (χ0) is 10.1. The maximum Gasteiger partial charge on any atom is 0.224 e. The van der Waals surface area contributed by atoms with Gasteiger partial charge < -0.3 is 0 Å². The van der Waals surface area contributed by atoms with Crippen LogP contribution in [-0.4, -0.2) is 19.5 Å². The van der Waals surface area contributed by atoms with Crippen molar-refractivity contribution >= 4 is 27.5 Å². The number of imidazole rings is 1. The van der Waals surface area contributed by atoms with E-state index in [0.29, 0.717) is 5.82 Å². The lowest BCUT2D eigenvalue weighted by atomic mass is 10.5. The summed E-state index contributed by atoms with van der Waals surface area (Å²) in [5, 5.41) is 0.219. The highest BCUT2D eigenvalue weighted by atomic mass is 79.9. The fourth-order valence-electron chi connectivity index (χ4n) is 1.11. The molecule has 0 spiro atoms. The predicted octanol–water partition coefficient (Wildman–Crippen LogP) is 2.39. The highest BCUT2D eigenvalue weighted by Crippen LogP contribution is 2.20. The van der Waals surface area contributed by atoms with Gasteiger partial charge in [-0.2, -0.15) is 4.98 Å². The van der Waals surface area contributed by atoms with Crippen LogP contribution in [0.4, 0.5) is 0 Å². The third-order valence-electron chi connectivity index (χ3n) is 1.75. The van der Waals surface area contributed by atoms with Crippen LogP contribution in [0.5, 0.6) is 0 Å². The van der Waals surface area contributed by atoms with Gasteiger partial charge in [0.25, 0.3) is 0 Å². The van der Waals surface area contributed by atoms with Crippen molar-refractivity contribution in [2.75, 3.05) is 0 Å². The lowest BCUT2D eigenvalue weighted by molar-refractivity contribution is 0.912. The molecule has 14 heavy (non-hydrogen) atoms. The molecule has 2 aromatic rings. The molecular weight excluding hydrogens is 267 g/mol. The lowest BCUT2D eigenvalue weighted by Crippen LogP contribution is -2.01. The molecule has 0 radical (unpaired) electrons. The zero-order valence-electron chi connectivity index (χ0n) is 7.28. The van der Waals surface area contributed by atoms with E-state index in [-0.39, 0.29) is 5.28 Å². The second-order valence-corrected chi connectivity index (χ2v) is 3.85. The number of nitrogens with zero attached hydrogens (tertiary/aromatic N) is 4. The van der Waals surface area contributed by atoms with Gasteiger partial charge in [0.05, 0.1) is 4.47 Å². The van der Waals surface area contributed by atoms with Crippen LogP contribution in [0.25, 0.3) is 5.82 Å². The minimum absolute atomic E-state index is 0.219. The molecule has 0 aliphatic heterocycles. The van der Waals surface area contributed by atoms with Crippen LogP contribution < -0.4 is 0 Å². The van der Waals surface area contributed by atoms with Crippen LogP contribution in [-0.2, 0) is 0 Å². The minimum atomic E-state index is 0.219. The molecule has 0 bridgehead atoms. The van der Waals surface area contributed by atoms with Crippen molar-refractivity contribution in [3.8, 4) is 5.82 Å². The first-order valence-corrected chi connectivity index (χ1v) is 5.04. The fraction of sp³-hybridized carbons (Fsp3) is 0.125. The highest BCUT2D eigenvalue weighted by Gasteiger charge is 2.07. The average Bonchev–Trinajstić information content (AvgIpc) is 2.56. The smallest absolute Gasteiger partial charge is 0.224 e. The van der Waals surface area contributed by atoms with Crippen molar-refractivity contribution in [2.24, 2.45) is 0 Å². The Bertz CT molecular complexity index is 468. The average molecular weight is 274 g/mol.